The van der Waals surface area contributed by atoms with Crippen molar-refractivity contribution < 1.29 is 9.53 Å². The van der Waals surface area contributed by atoms with Crippen LogP contribution in [0.1, 0.15) is 50.3 Å². The number of rotatable bonds is 6. The minimum absolute atomic E-state index is 0.0125. The molecule has 1 aromatic carbocycles. The van der Waals surface area contributed by atoms with Crippen LogP contribution in [0.5, 0.6) is 0 Å². The van der Waals surface area contributed by atoms with Crippen molar-refractivity contribution in [3.8, 4) is 0 Å². The van der Waals surface area contributed by atoms with Gasteiger partial charge in [-0.05, 0) is 37.8 Å². The number of likely N-dealkylation sites (tertiary alicyclic amines) is 1. The SMILES string of the molecule is CC[C@H](C)Nc1ncccc1[C@H]1CCCN1C(=O)OCc1ccccc1. The lowest BCUT2D eigenvalue weighted by Gasteiger charge is -2.26. The molecular weight excluding hydrogens is 326 g/mol. The summed E-state index contributed by atoms with van der Waals surface area (Å²) in [7, 11) is 0. The number of nitrogens with one attached hydrogen (secondary N) is 1. The molecule has 0 spiro atoms. The van der Waals surface area contributed by atoms with Crippen molar-refractivity contribution in [2.45, 2.75) is 51.8 Å². The molecule has 1 aromatic heterocycles. The summed E-state index contributed by atoms with van der Waals surface area (Å²) in [5.74, 6) is 0.870. The van der Waals surface area contributed by atoms with Crippen LogP contribution in [-0.4, -0.2) is 28.6 Å². The van der Waals surface area contributed by atoms with Gasteiger partial charge in [-0.3, -0.25) is 0 Å². The van der Waals surface area contributed by atoms with E-state index in [9.17, 15) is 4.79 Å². The smallest absolute Gasteiger partial charge is 0.410 e. The fourth-order valence-electron chi connectivity index (χ4n) is 3.25. The molecule has 3 rings (SSSR count). The first-order chi connectivity index (χ1) is 12.7. The molecule has 138 valence electrons. The summed E-state index contributed by atoms with van der Waals surface area (Å²) in [6.07, 6.45) is 4.46. The van der Waals surface area contributed by atoms with E-state index in [1.807, 2.05) is 41.3 Å². The zero-order valence-electron chi connectivity index (χ0n) is 15.5. The molecule has 26 heavy (non-hydrogen) atoms. The molecular formula is C21H27N3O2. The summed E-state index contributed by atoms with van der Waals surface area (Å²) in [5.41, 5.74) is 2.07. The summed E-state index contributed by atoms with van der Waals surface area (Å²) < 4.78 is 5.55. The van der Waals surface area contributed by atoms with E-state index in [2.05, 4.69) is 30.2 Å². The first-order valence-corrected chi connectivity index (χ1v) is 9.37. The highest BCUT2D eigenvalue weighted by Gasteiger charge is 2.33. The largest absolute Gasteiger partial charge is 0.445 e. The quantitative estimate of drug-likeness (QED) is 0.813. The summed E-state index contributed by atoms with van der Waals surface area (Å²) >= 11 is 0. The third-order valence-corrected chi connectivity index (χ3v) is 4.89. The van der Waals surface area contributed by atoms with E-state index in [-0.39, 0.29) is 12.1 Å². The van der Waals surface area contributed by atoms with Crippen molar-refractivity contribution in [1.82, 2.24) is 9.88 Å². The summed E-state index contributed by atoms with van der Waals surface area (Å²) in [4.78, 5) is 19.0. The van der Waals surface area contributed by atoms with Gasteiger partial charge < -0.3 is 15.0 Å². The van der Waals surface area contributed by atoms with E-state index < -0.39 is 0 Å². The predicted molar refractivity (Wildman–Crippen MR) is 103 cm³/mol. The number of nitrogens with zero attached hydrogens (tertiary/aromatic N) is 2. The summed E-state index contributed by atoms with van der Waals surface area (Å²) in [6.45, 7) is 5.30. The summed E-state index contributed by atoms with van der Waals surface area (Å²) in [5, 5.41) is 3.46. The molecule has 1 aliphatic rings. The van der Waals surface area contributed by atoms with Crippen molar-refractivity contribution >= 4 is 11.9 Å². The maximum atomic E-state index is 12.7. The fraction of sp³-hybridized carbons (Fsp3) is 0.429. The Labute approximate surface area is 155 Å². The third kappa shape index (κ3) is 4.34. The van der Waals surface area contributed by atoms with E-state index in [0.29, 0.717) is 12.6 Å². The molecule has 5 heteroatoms. The van der Waals surface area contributed by atoms with Crippen LogP contribution in [0.15, 0.2) is 48.7 Å². The Bertz CT molecular complexity index is 720. The molecule has 2 aromatic rings. The molecule has 1 saturated heterocycles. The molecule has 2 heterocycles. The number of ether oxygens (including phenoxy) is 1. The molecule has 1 N–H and O–H groups in total. The normalized spacial score (nSPS) is 17.8. The molecule has 0 radical (unpaired) electrons. The van der Waals surface area contributed by atoms with Crippen molar-refractivity contribution in [2.24, 2.45) is 0 Å². The average molecular weight is 353 g/mol. The number of anilines is 1. The lowest BCUT2D eigenvalue weighted by atomic mass is 10.1. The Kier molecular flexibility index (Phi) is 6.10. The Morgan fingerprint density at radius 2 is 2.12 bits per heavy atom. The van der Waals surface area contributed by atoms with E-state index >= 15 is 0 Å². The topological polar surface area (TPSA) is 54.5 Å². The van der Waals surface area contributed by atoms with E-state index in [4.69, 9.17) is 4.74 Å². The van der Waals surface area contributed by atoms with Gasteiger partial charge in [-0.25, -0.2) is 9.78 Å². The van der Waals surface area contributed by atoms with Crippen LogP contribution in [0.2, 0.25) is 0 Å². The van der Waals surface area contributed by atoms with Crippen molar-refractivity contribution in [1.29, 1.82) is 0 Å². The number of hydrogen-bond donors (Lipinski definition) is 1. The molecule has 0 aliphatic carbocycles. The summed E-state index contributed by atoms with van der Waals surface area (Å²) in [6, 6.07) is 14.1. The van der Waals surface area contributed by atoms with Crippen LogP contribution in [-0.2, 0) is 11.3 Å². The zero-order valence-corrected chi connectivity index (χ0v) is 15.5. The molecule has 5 nitrogen and oxygen atoms in total. The van der Waals surface area contributed by atoms with E-state index in [1.54, 1.807) is 6.20 Å². The highest BCUT2D eigenvalue weighted by atomic mass is 16.6. The van der Waals surface area contributed by atoms with Gasteiger partial charge in [0.15, 0.2) is 0 Å². The number of aromatic nitrogens is 1. The van der Waals surface area contributed by atoms with Gasteiger partial charge in [0.2, 0.25) is 0 Å². The Morgan fingerprint density at radius 1 is 1.31 bits per heavy atom. The number of hydrogen-bond acceptors (Lipinski definition) is 4. The number of pyridine rings is 1. The Hall–Kier alpha value is -2.56. The second-order valence-electron chi connectivity index (χ2n) is 6.79. The average Bonchev–Trinajstić information content (AvgIpc) is 3.17. The van der Waals surface area contributed by atoms with Gasteiger partial charge in [0, 0.05) is 24.3 Å². The molecule has 1 fully saturated rings. The number of carbonyl (C=O) groups is 1. The van der Waals surface area contributed by atoms with Crippen LogP contribution in [0, 0.1) is 0 Å². The number of carbonyl (C=O) groups excluding carboxylic acids is 1. The van der Waals surface area contributed by atoms with Crippen LogP contribution >= 0.6 is 0 Å². The van der Waals surface area contributed by atoms with Gasteiger partial charge in [-0.15, -0.1) is 0 Å². The second kappa shape index (κ2) is 8.70. The van der Waals surface area contributed by atoms with E-state index in [0.717, 1.165) is 42.8 Å². The lowest BCUT2D eigenvalue weighted by molar-refractivity contribution is 0.0921. The van der Waals surface area contributed by atoms with Gasteiger partial charge in [0.1, 0.15) is 12.4 Å². The van der Waals surface area contributed by atoms with E-state index in [1.165, 1.54) is 0 Å². The standard InChI is InChI=1S/C21H27N3O2/c1-3-16(2)23-20-18(11-7-13-22-20)19-12-8-14-24(19)21(25)26-15-17-9-5-4-6-10-17/h4-7,9-11,13,16,19H,3,8,12,14-15H2,1-2H3,(H,22,23)/t16-,19+/m0/s1. The second-order valence-corrected chi connectivity index (χ2v) is 6.79. The van der Waals surface area contributed by atoms with Gasteiger partial charge in [0.25, 0.3) is 0 Å². The first kappa shape index (κ1) is 18.2. The highest BCUT2D eigenvalue weighted by molar-refractivity contribution is 5.69. The van der Waals surface area contributed by atoms with Crippen LogP contribution < -0.4 is 5.32 Å². The molecule has 0 unspecified atom stereocenters. The predicted octanol–water partition coefficient (Wildman–Crippen LogP) is 4.77. The van der Waals surface area contributed by atoms with Gasteiger partial charge in [-0.1, -0.05) is 43.3 Å². The zero-order chi connectivity index (χ0) is 18.4. The molecule has 1 amide bonds. The van der Waals surface area contributed by atoms with Crippen molar-refractivity contribution in [3.63, 3.8) is 0 Å². The minimum Gasteiger partial charge on any atom is -0.445 e. The molecule has 0 saturated carbocycles. The highest BCUT2D eigenvalue weighted by Crippen LogP contribution is 2.35. The van der Waals surface area contributed by atoms with Crippen molar-refractivity contribution in [3.05, 3.63) is 59.8 Å². The minimum atomic E-state index is -0.255. The molecule has 1 aliphatic heterocycles. The van der Waals surface area contributed by atoms with Gasteiger partial charge in [0.05, 0.1) is 6.04 Å². The van der Waals surface area contributed by atoms with Gasteiger partial charge in [-0.2, -0.15) is 0 Å². The number of benzene rings is 1. The fourth-order valence-corrected chi connectivity index (χ4v) is 3.25. The monoisotopic (exact) mass is 353 g/mol. The third-order valence-electron chi connectivity index (χ3n) is 4.89. The maximum absolute atomic E-state index is 12.7. The lowest BCUT2D eigenvalue weighted by Crippen LogP contribution is -2.31. The number of amides is 1. The Balaban J connectivity index is 1.71. The Morgan fingerprint density at radius 3 is 2.88 bits per heavy atom. The first-order valence-electron chi connectivity index (χ1n) is 9.37. The van der Waals surface area contributed by atoms with Gasteiger partial charge >= 0.3 is 6.09 Å². The molecule has 0 bridgehead atoms. The van der Waals surface area contributed by atoms with Crippen LogP contribution in [0.25, 0.3) is 0 Å². The van der Waals surface area contributed by atoms with Crippen LogP contribution in [0.3, 0.4) is 0 Å². The van der Waals surface area contributed by atoms with Crippen LogP contribution in [0.4, 0.5) is 10.6 Å². The maximum Gasteiger partial charge on any atom is 0.410 e. The van der Waals surface area contributed by atoms with Crippen molar-refractivity contribution in [2.75, 3.05) is 11.9 Å². The molecule has 2 atom stereocenters.